The molecule has 2 heterocycles. The first-order chi connectivity index (χ1) is 14.7. The Balaban J connectivity index is 1.28. The van der Waals surface area contributed by atoms with Crippen LogP contribution in [0.15, 0.2) is 53.7 Å². The van der Waals surface area contributed by atoms with Gasteiger partial charge in [-0.1, -0.05) is 23.4 Å². The van der Waals surface area contributed by atoms with Crippen molar-refractivity contribution in [2.75, 3.05) is 18.4 Å². The van der Waals surface area contributed by atoms with Gasteiger partial charge in [-0.05, 0) is 35.9 Å². The zero-order valence-electron chi connectivity index (χ0n) is 16.3. The quantitative estimate of drug-likeness (QED) is 0.689. The minimum absolute atomic E-state index is 0.284. The normalized spacial score (nSPS) is 18.4. The fourth-order valence-electron chi connectivity index (χ4n) is 3.61. The number of piperidine rings is 1. The van der Waals surface area contributed by atoms with Crippen LogP contribution in [0.4, 0.5) is 28.0 Å². The summed E-state index contributed by atoms with van der Waals surface area (Å²) in [6.45, 7) is 0.790. The SMILES string of the molecule is O=C(Nc1cccc(F)c1)ON1CCC2(CC1)CC(c1ccc(C(F)(F)F)cc1)=NO2. The third-order valence-electron chi connectivity index (χ3n) is 5.30. The maximum absolute atomic E-state index is 13.2. The molecule has 1 fully saturated rings. The minimum atomic E-state index is -4.39. The molecule has 0 saturated carbocycles. The van der Waals surface area contributed by atoms with Gasteiger partial charge in [0.1, 0.15) is 11.4 Å². The van der Waals surface area contributed by atoms with Crippen LogP contribution in [0.25, 0.3) is 0 Å². The molecule has 0 atom stereocenters. The molecular weight excluding hydrogens is 418 g/mol. The van der Waals surface area contributed by atoms with Crippen LogP contribution in [0, 0.1) is 5.82 Å². The number of nitrogens with zero attached hydrogens (tertiary/aromatic N) is 2. The average Bonchev–Trinajstić information content (AvgIpc) is 3.13. The second-order valence-electron chi connectivity index (χ2n) is 7.51. The average molecular weight is 437 g/mol. The first-order valence-electron chi connectivity index (χ1n) is 9.65. The molecule has 0 bridgehead atoms. The fourth-order valence-corrected chi connectivity index (χ4v) is 3.61. The van der Waals surface area contributed by atoms with Crippen molar-refractivity contribution in [3.05, 3.63) is 65.5 Å². The van der Waals surface area contributed by atoms with E-state index in [1.165, 1.54) is 35.4 Å². The largest absolute Gasteiger partial charge is 0.430 e. The molecule has 2 aliphatic rings. The molecule has 0 radical (unpaired) electrons. The highest BCUT2D eigenvalue weighted by atomic mass is 19.4. The molecule has 1 amide bonds. The van der Waals surface area contributed by atoms with E-state index in [1.54, 1.807) is 6.07 Å². The van der Waals surface area contributed by atoms with Crippen LogP contribution in [0.1, 0.15) is 30.4 Å². The van der Waals surface area contributed by atoms with Crippen molar-refractivity contribution in [2.24, 2.45) is 5.16 Å². The summed E-state index contributed by atoms with van der Waals surface area (Å²) in [5.41, 5.74) is 0.168. The highest BCUT2D eigenvalue weighted by molar-refractivity contribution is 6.01. The summed E-state index contributed by atoms with van der Waals surface area (Å²) in [6, 6.07) is 10.3. The Labute approximate surface area is 175 Å². The Morgan fingerprint density at radius 1 is 1.13 bits per heavy atom. The second kappa shape index (κ2) is 8.18. The van der Waals surface area contributed by atoms with Crippen molar-refractivity contribution in [1.29, 1.82) is 0 Å². The molecule has 4 rings (SSSR count). The number of nitrogens with one attached hydrogen (secondary N) is 1. The summed E-state index contributed by atoms with van der Waals surface area (Å²) in [5.74, 6) is -0.472. The molecule has 1 spiro atoms. The zero-order chi connectivity index (χ0) is 22.1. The lowest BCUT2D eigenvalue weighted by molar-refractivity contribution is -0.154. The molecule has 0 aliphatic carbocycles. The number of amides is 1. The van der Waals surface area contributed by atoms with Gasteiger partial charge in [0.05, 0.1) is 11.3 Å². The molecule has 1 saturated heterocycles. The van der Waals surface area contributed by atoms with Crippen LogP contribution < -0.4 is 5.32 Å². The van der Waals surface area contributed by atoms with Crippen molar-refractivity contribution in [2.45, 2.75) is 31.0 Å². The summed E-state index contributed by atoms with van der Waals surface area (Å²) in [6.07, 6.45) is -3.61. The molecule has 0 aromatic heterocycles. The van der Waals surface area contributed by atoms with Crippen molar-refractivity contribution in [1.82, 2.24) is 5.06 Å². The first-order valence-corrected chi connectivity index (χ1v) is 9.65. The van der Waals surface area contributed by atoms with Gasteiger partial charge in [0, 0.05) is 38.0 Å². The lowest BCUT2D eigenvalue weighted by Crippen LogP contribution is -2.45. The highest BCUT2D eigenvalue weighted by Gasteiger charge is 2.43. The van der Waals surface area contributed by atoms with Crippen LogP contribution in [0.3, 0.4) is 0 Å². The molecule has 10 heteroatoms. The van der Waals surface area contributed by atoms with Crippen molar-refractivity contribution in [3.63, 3.8) is 0 Å². The molecular formula is C21H19F4N3O3. The molecule has 2 aromatic rings. The number of oxime groups is 1. The fraction of sp³-hybridized carbons (Fsp3) is 0.333. The number of hydrogen-bond donors (Lipinski definition) is 1. The van der Waals surface area contributed by atoms with Crippen LogP contribution >= 0.6 is 0 Å². The van der Waals surface area contributed by atoms with Crippen molar-refractivity contribution in [3.8, 4) is 0 Å². The molecule has 31 heavy (non-hydrogen) atoms. The Morgan fingerprint density at radius 3 is 2.48 bits per heavy atom. The standard InChI is InChI=1S/C21H19F4N3O3/c22-16-2-1-3-17(12-16)26-19(29)30-28-10-8-20(9-11-28)13-18(27-31-20)14-4-6-15(7-5-14)21(23,24)25/h1-7,12H,8-11,13H2,(H,26,29). The molecule has 2 aliphatic heterocycles. The summed E-state index contributed by atoms with van der Waals surface area (Å²) >= 11 is 0. The van der Waals surface area contributed by atoms with E-state index in [2.05, 4.69) is 10.5 Å². The van der Waals surface area contributed by atoms with E-state index < -0.39 is 29.3 Å². The monoisotopic (exact) mass is 437 g/mol. The number of anilines is 1. The third kappa shape index (κ3) is 4.96. The number of carbonyl (C=O) groups is 1. The van der Waals surface area contributed by atoms with Gasteiger partial charge in [-0.15, -0.1) is 5.06 Å². The minimum Gasteiger partial charge on any atom is -0.388 e. The molecule has 6 nitrogen and oxygen atoms in total. The smallest absolute Gasteiger partial charge is 0.388 e. The predicted octanol–water partition coefficient (Wildman–Crippen LogP) is 4.97. The van der Waals surface area contributed by atoms with E-state index in [-0.39, 0.29) is 5.69 Å². The van der Waals surface area contributed by atoms with Crippen LogP contribution in [0.5, 0.6) is 0 Å². The van der Waals surface area contributed by atoms with Gasteiger partial charge in [-0.3, -0.25) is 5.32 Å². The van der Waals surface area contributed by atoms with Gasteiger partial charge < -0.3 is 9.68 Å². The Bertz CT molecular complexity index is 984. The number of alkyl halides is 3. The van der Waals surface area contributed by atoms with Gasteiger partial charge >= 0.3 is 12.3 Å². The molecule has 0 unspecified atom stereocenters. The lowest BCUT2D eigenvalue weighted by Gasteiger charge is -2.35. The Kier molecular flexibility index (Phi) is 5.57. The van der Waals surface area contributed by atoms with E-state index in [0.717, 1.165) is 12.1 Å². The predicted molar refractivity (Wildman–Crippen MR) is 104 cm³/mol. The maximum atomic E-state index is 13.2. The van der Waals surface area contributed by atoms with Gasteiger partial charge in [0.15, 0.2) is 0 Å². The van der Waals surface area contributed by atoms with E-state index >= 15 is 0 Å². The topological polar surface area (TPSA) is 63.2 Å². The van der Waals surface area contributed by atoms with E-state index in [1.807, 2.05) is 0 Å². The van der Waals surface area contributed by atoms with Crippen LogP contribution in [-0.4, -0.2) is 35.6 Å². The summed E-state index contributed by atoms with van der Waals surface area (Å²) in [4.78, 5) is 22.9. The summed E-state index contributed by atoms with van der Waals surface area (Å²) in [5, 5.41) is 8.03. The third-order valence-corrected chi connectivity index (χ3v) is 5.30. The van der Waals surface area contributed by atoms with Crippen molar-refractivity contribution < 1.29 is 32.0 Å². The number of rotatable bonds is 3. The Hall–Kier alpha value is -3.14. The van der Waals surface area contributed by atoms with Gasteiger partial charge in [0.2, 0.25) is 0 Å². The maximum Gasteiger partial charge on any atom is 0.430 e. The molecule has 1 N–H and O–H groups in total. The first kappa shape index (κ1) is 21.1. The summed E-state index contributed by atoms with van der Waals surface area (Å²) < 4.78 is 51.4. The highest BCUT2D eigenvalue weighted by Crippen LogP contribution is 2.37. The molecule has 2 aromatic carbocycles. The van der Waals surface area contributed by atoms with E-state index in [4.69, 9.17) is 9.68 Å². The van der Waals surface area contributed by atoms with Crippen LogP contribution in [0.2, 0.25) is 0 Å². The van der Waals surface area contributed by atoms with Crippen LogP contribution in [-0.2, 0) is 15.9 Å². The van der Waals surface area contributed by atoms with Crippen molar-refractivity contribution >= 4 is 17.5 Å². The van der Waals surface area contributed by atoms with Gasteiger partial charge in [-0.2, -0.15) is 13.2 Å². The Morgan fingerprint density at radius 2 is 1.84 bits per heavy atom. The number of benzene rings is 2. The zero-order valence-corrected chi connectivity index (χ0v) is 16.3. The summed E-state index contributed by atoms with van der Waals surface area (Å²) in [7, 11) is 0. The van der Waals surface area contributed by atoms with Gasteiger partial charge in [0.25, 0.3) is 0 Å². The number of carbonyl (C=O) groups excluding carboxylic acids is 1. The van der Waals surface area contributed by atoms with Gasteiger partial charge in [-0.25, -0.2) is 9.18 Å². The number of hydroxylamine groups is 2. The second-order valence-corrected chi connectivity index (χ2v) is 7.51. The lowest BCUT2D eigenvalue weighted by atomic mass is 9.86. The molecule has 164 valence electrons. The van der Waals surface area contributed by atoms with E-state index in [0.29, 0.717) is 43.6 Å². The van der Waals surface area contributed by atoms with E-state index in [9.17, 15) is 22.4 Å². The number of halogens is 4. The number of hydrogen-bond acceptors (Lipinski definition) is 5.